The maximum atomic E-state index is 13.4. The summed E-state index contributed by atoms with van der Waals surface area (Å²) in [7, 11) is 1.60. The number of carbonyl (C=O) groups excluding carboxylic acids is 2. The minimum absolute atomic E-state index is 0.00276. The van der Waals surface area contributed by atoms with Crippen molar-refractivity contribution < 1.29 is 14.3 Å². The SMILES string of the molecule is COCCN(Cc1nc(C(=O)N2CC3(C)CC2CC(C)(C)C3)cs1)C(=O)Nc1ccc(Cl)cc1. The molecule has 2 unspecified atom stereocenters. The van der Waals surface area contributed by atoms with Crippen molar-refractivity contribution in [3.05, 3.63) is 45.4 Å². The monoisotopic (exact) mass is 504 g/mol. The minimum atomic E-state index is -0.258. The Hall–Kier alpha value is -2.16. The fourth-order valence-electron chi connectivity index (χ4n) is 5.68. The summed E-state index contributed by atoms with van der Waals surface area (Å²) in [5, 5.41) is 6.03. The van der Waals surface area contributed by atoms with Gasteiger partial charge in [0.25, 0.3) is 5.91 Å². The normalized spacial score (nSPS) is 23.1. The number of hydrogen-bond donors (Lipinski definition) is 1. The highest BCUT2D eigenvalue weighted by atomic mass is 35.5. The van der Waals surface area contributed by atoms with Crippen molar-refractivity contribution in [3.63, 3.8) is 0 Å². The number of likely N-dealkylation sites (tertiary alicyclic amines) is 1. The Morgan fingerprint density at radius 1 is 1.26 bits per heavy atom. The van der Waals surface area contributed by atoms with Crippen molar-refractivity contribution in [1.29, 1.82) is 0 Å². The highest BCUT2D eigenvalue weighted by Gasteiger charge is 2.51. The van der Waals surface area contributed by atoms with Gasteiger partial charge in [0.15, 0.2) is 0 Å². The van der Waals surface area contributed by atoms with Crippen molar-refractivity contribution in [2.45, 2.75) is 52.6 Å². The highest BCUT2D eigenvalue weighted by molar-refractivity contribution is 7.09. The van der Waals surface area contributed by atoms with E-state index < -0.39 is 0 Å². The average molecular weight is 505 g/mol. The first-order valence-corrected chi connectivity index (χ1v) is 12.9. The minimum Gasteiger partial charge on any atom is -0.383 e. The van der Waals surface area contributed by atoms with Crippen LogP contribution in [-0.2, 0) is 11.3 Å². The van der Waals surface area contributed by atoms with Crippen molar-refractivity contribution in [1.82, 2.24) is 14.8 Å². The lowest BCUT2D eigenvalue weighted by molar-refractivity contribution is 0.0703. The number of fused-ring (bicyclic) bond motifs is 2. The van der Waals surface area contributed by atoms with Gasteiger partial charge < -0.3 is 19.9 Å². The first-order valence-electron chi connectivity index (χ1n) is 11.6. The van der Waals surface area contributed by atoms with Gasteiger partial charge in [-0.15, -0.1) is 11.3 Å². The molecule has 1 aromatic carbocycles. The Bertz CT molecular complexity index is 1040. The molecule has 2 aliphatic rings. The molecule has 7 nitrogen and oxygen atoms in total. The molecule has 0 spiro atoms. The molecule has 2 heterocycles. The Balaban J connectivity index is 1.43. The Morgan fingerprint density at radius 2 is 2.00 bits per heavy atom. The average Bonchev–Trinajstić information content (AvgIpc) is 3.33. The maximum absolute atomic E-state index is 13.4. The Labute approximate surface area is 210 Å². The van der Waals surface area contributed by atoms with Crippen LogP contribution < -0.4 is 5.32 Å². The molecule has 3 amide bonds. The lowest BCUT2D eigenvalue weighted by atomic mass is 9.65. The number of nitrogens with zero attached hydrogens (tertiary/aromatic N) is 3. The molecule has 1 saturated carbocycles. The molecule has 1 N–H and O–H groups in total. The van der Waals surface area contributed by atoms with Gasteiger partial charge in [0.1, 0.15) is 10.7 Å². The molecule has 0 radical (unpaired) electrons. The van der Waals surface area contributed by atoms with E-state index in [9.17, 15) is 9.59 Å². The molecule has 1 aliphatic carbocycles. The maximum Gasteiger partial charge on any atom is 0.322 e. The standard InChI is InChI=1S/C25H33ClN4O3S/c1-24(2)11-19-12-25(3,15-24)16-30(19)22(31)20-14-34-21(28-20)13-29(9-10-33-4)23(32)27-18-7-5-17(26)6-8-18/h5-8,14,19H,9-13,15-16H2,1-4H3,(H,27,32). The van der Waals surface area contributed by atoms with Crippen molar-refractivity contribution in [2.75, 3.05) is 32.1 Å². The van der Waals surface area contributed by atoms with E-state index >= 15 is 0 Å². The molecule has 2 fully saturated rings. The van der Waals surface area contributed by atoms with Crippen LogP contribution in [0.25, 0.3) is 0 Å². The number of nitrogens with one attached hydrogen (secondary N) is 1. The van der Waals surface area contributed by atoms with Crippen LogP contribution in [0.5, 0.6) is 0 Å². The zero-order chi connectivity index (χ0) is 24.5. The fraction of sp³-hybridized carbons (Fsp3) is 0.560. The molecular weight excluding hydrogens is 472 g/mol. The number of anilines is 1. The lowest BCUT2D eigenvalue weighted by Crippen LogP contribution is -2.38. The van der Waals surface area contributed by atoms with Crippen LogP contribution in [-0.4, -0.2) is 59.6 Å². The van der Waals surface area contributed by atoms with Gasteiger partial charge in [-0.25, -0.2) is 9.78 Å². The van der Waals surface area contributed by atoms with Crippen molar-refractivity contribution in [3.8, 4) is 0 Å². The van der Waals surface area contributed by atoms with E-state index in [1.54, 1.807) is 36.3 Å². The summed E-state index contributed by atoms with van der Waals surface area (Å²) in [5.41, 5.74) is 1.55. The van der Waals surface area contributed by atoms with Crippen LogP contribution in [0.3, 0.4) is 0 Å². The number of ether oxygens (including phenoxy) is 1. The third-order valence-corrected chi connectivity index (χ3v) is 7.81. The predicted octanol–water partition coefficient (Wildman–Crippen LogP) is 5.52. The smallest absolute Gasteiger partial charge is 0.322 e. The van der Waals surface area contributed by atoms with Gasteiger partial charge in [-0.3, -0.25) is 4.79 Å². The van der Waals surface area contributed by atoms with E-state index in [4.69, 9.17) is 16.3 Å². The van der Waals surface area contributed by atoms with Crippen LogP contribution in [0, 0.1) is 10.8 Å². The van der Waals surface area contributed by atoms with Crippen LogP contribution in [0.1, 0.15) is 55.5 Å². The second-order valence-corrected chi connectivity index (χ2v) is 12.0. The number of methoxy groups -OCH3 is 1. The number of thiazole rings is 1. The highest BCUT2D eigenvalue weighted by Crippen LogP contribution is 2.52. The van der Waals surface area contributed by atoms with Crippen LogP contribution in [0.2, 0.25) is 5.02 Å². The van der Waals surface area contributed by atoms with Crippen LogP contribution in [0.15, 0.2) is 29.6 Å². The molecule has 34 heavy (non-hydrogen) atoms. The van der Waals surface area contributed by atoms with E-state index in [1.807, 2.05) is 10.3 Å². The first kappa shape index (κ1) is 24.9. The summed E-state index contributed by atoms with van der Waals surface area (Å²) in [4.78, 5) is 34.6. The molecular formula is C25H33ClN4O3S. The van der Waals surface area contributed by atoms with Gasteiger partial charge in [-0.2, -0.15) is 0 Å². The number of halogens is 1. The summed E-state index contributed by atoms with van der Waals surface area (Å²) in [6.45, 7) is 8.79. The molecule has 1 aromatic heterocycles. The summed E-state index contributed by atoms with van der Waals surface area (Å²) in [5.74, 6) is 0.00276. The summed E-state index contributed by atoms with van der Waals surface area (Å²) < 4.78 is 5.19. The quantitative estimate of drug-likeness (QED) is 0.539. The van der Waals surface area contributed by atoms with Gasteiger partial charge in [0.05, 0.1) is 13.2 Å². The number of hydrogen-bond acceptors (Lipinski definition) is 5. The van der Waals surface area contributed by atoms with E-state index in [2.05, 4.69) is 31.1 Å². The number of rotatable bonds is 7. The van der Waals surface area contributed by atoms with Gasteiger partial charge >= 0.3 is 6.03 Å². The van der Waals surface area contributed by atoms with Gasteiger partial charge in [0.2, 0.25) is 0 Å². The fourth-order valence-corrected chi connectivity index (χ4v) is 6.59. The number of urea groups is 1. The molecule has 2 aromatic rings. The number of benzene rings is 1. The van der Waals surface area contributed by atoms with E-state index in [0.29, 0.717) is 36.1 Å². The number of carbonyl (C=O) groups is 2. The van der Waals surface area contributed by atoms with E-state index in [1.165, 1.54) is 11.3 Å². The van der Waals surface area contributed by atoms with Crippen LogP contribution in [0.4, 0.5) is 10.5 Å². The second-order valence-electron chi connectivity index (χ2n) is 10.6. The molecule has 2 bridgehead atoms. The zero-order valence-corrected chi connectivity index (χ0v) is 21.8. The largest absolute Gasteiger partial charge is 0.383 e. The van der Waals surface area contributed by atoms with Crippen molar-refractivity contribution >= 4 is 40.6 Å². The molecule has 4 rings (SSSR count). The second kappa shape index (κ2) is 9.84. The molecule has 184 valence electrons. The first-order chi connectivity index (χ1) is 16.1. The third kappa shape index (κ3) is 5.73. The Morgan fingerprint density at radius 3 is 2.71 bits per heavy atom. The van der Waals surface area contributed by atoms with E-state index in [0.717, 1.165) is 30.8 Å². The molecule has 2 atom stereocenters. The topological polar surface area (TPSA) is 74.8 Å². The van der Waals surface area contributed by atoms with Gasteiger partial charge in [-0.1, -0.05) is 32.4 Å². The predicted molar refractivity (Wildman–Crippen MR) is 135 cm³/mol. The van der Waals surface area contributed by atoms with Gasteiger partial charge in [0, 0.05) is 42.3 Å². The third-order valence-electron chi connectivity index (χ3n) is 6.72. The Kier molecular flexibility index (Phi) is 7.22. The summed E-state index contributed by atoms with van der Waals surface area (Å²) in [6, 6.07) is 6.97. The molecule has 1 saturated heterocycles. The van der Waals surface area contributed by atoms with Crippen molar-refractivity contribution in [2.24, 2.45) is 10.8 Å². The lowest BCUT2D eigenvalue weighted by Gasteiger charge is -2.39. The van der Waals surface area contributed by atoms with E-state index in [-0.39, 0.29) is 28.8 Å². The van der Waals surface area contributed by atoms with Gasteiger partial charge in [-0.05, 0) is 54.4 Å². The number of aromatic nitrogens is 1. The molecule has 1 aliphatic heterocycles. The number of amides is 3. The van der Waals surface area contributed by atoms with Crippen LogP contribution >= 0.6 is 22.9 Å². The summed E-state index contributed by atoms with van der Waals surface area (Å²) in [6.07, 6.45) is 3.23. The molecule has 9 heteroatoms. The zero-order valence-electron chi connectivity index (χ0n) is 20.3. The summed E-state index contributed by atoms with van der Waals surface area (Å²) >= 11 is 7.34.